The highest BCUT2D eigenvalue weighted by molar-refractivity contribution is 5.53. The lowest BCUT2D eigenvalue weighted by molar-refractivity contribution is -0.137. The fraction of sp³-hybridized carbons (Fsp3) is 0.429. The van der Waals surface area contributed by atoms with Gasteiger partial charge in [0.05, 0.1) is 5.56 Å². The van der Waals surface area contributed by atoms with Gasteiger partial charge in [0.2, 0.25) is 0 Å². The summed E-state index contributed by atoms with van der Waals surface area (Å²) >= 11 is 0. The summed E-state index contributed by atoms with van der Waals surface area (Å²) in [5, 5.41) is 0. The van der Waals surface area contributed by atoms with Crippen molar-refractivity contribution in [1.82, 2.24) is 0 Å². The Labute approximate surface area is 100 Å². The van der Waals surface area contributed by atoms with Crippen molar-refractivity contribution >= 4 is 6.08 Å². The predicted molar refractivity (Wildman–Crippen MR) is 64.7 cm³/mol. The molecule has 3 heteroatoms. The Balaban J connectivity index is 3.11. The zero-order chi connectivity index (χ0) is 13.3. The molecule has 17 heavy (non-hydrogen) atoms. The molecule has 0 unspecified atom stereocenters. The molecule has 94 valence electrons. The number of benzene rings is 1. The molecule has 0 aliphatic heterocycles. The van der Waals surface area contributed by atoms with E-state index < -0.39 is 11.7 Å². The Bertz CT molecular complexity index is 420. The largest absolute Gasteiger partial charge is 0.416 e. The van der Waals surface area contributed by atoms with Gasteiger partial charge in [-0.05, 0) is 35.6 Å². The van der Waals surface area contributed by atoms with Crippen LogP contribution < -0.4 is 0 Å². The van der Waals surface area contributed by atoms with Crippen molar-refractivity contribution in [3.8, 4) is 0 Å². The Morgan fingerprint density at radius 3 is 2.06 bits per heavy atom. The molecule has 0 fully saturated rings. The molecule has 0 aromatic heterocycles. The van der Waals surface area contributed by atoms with E-state index in [0.717, 1.165) is 6.07 Å². The number of halogens is 3. The summed E-state index contributed by atoms with van der Waals surface area (Å²) in [6.45, 7) is 7.68. The van der Waals surface area contributed by atoms with Crippen LogP contribution >= 0.6 is 0 Å². The minimum atomic E-state index is -4.28. The van der Waals surface area contributed by atoms with Crippen LogP contribution in [0.2, 0.25) is 0 Å². The highest BCUT2D eigenvalue weighted by Gasteiger charge is 2.30. The number of alkyl halides is 3. The Morgan fingerprint density at radius 1 is 1.00 bits per heavy atom. The smallest absolute Gasteiger partial charge is 0.166 e. The Kier molecular flexibility index (Phi) is 3.70. The summed E-state index contributed by atoms with van der Waals surface area (Å²) < 4.78 is 37.8. The maximum Gasteiger partial charge on any atom is 0.416 e. The summed E-state index contributed by atoms with van der Waals surface area (Å²) in [7, 11) is 0. The third-order valence-corrected chi connectivity index (χ3v) is 2.20. The molecule has 0 bridgehead atoms. The van der Waals surface area contributed by atoms with Crippen LogP contribution in [0.5, 0.6) is 0 Å². The molecule has 0 amide bonds. The first-order chi connectivity index (χ1) is 7.58. The zero-order valence-electron chi connectivity index (χ0n) is 10.5. The summed E-state index contributed by atoms with van der Waals surface area (Å²) in [6, 6.07) is 4.08. The van der Waals surface area contributed by atoms with E-state index >= 15 is 0 Å². The first-order valence-electron chi connectivity index (χ1n) is 5.46. The molecule has 0 saturated carbocycles. The molecular formula is C14H17F3. The second kappa shape index (κ2) is 4.55. The normalized spacial score (nSPS) is 13.4. The molecule has 1 aromatic carbocycles. The lowest BCUT2D eigenvalue weighted by atomic mass is 9.94. The van der Waals surface area contributed by atoms with Crippen LogP contribution in [0.1, 0.15) is 37.5 Å². The van der Waals surface area contributed by atoms with E-state index in [-0.39, 0.29) is 5.41 Å². The van der Waals surface area contributed by atoms with Gasteiger partial charge in [0.1, 0.15) is 0 Å². The van der Waals surface area contributed by atoms with Crippen molar-refractivity contribution in [2.24, 2.45) is 5.41 Å². The van der Waals surface area contributed by atoms with Crippen molar-refractivity contribution in [2.45, 2.75) is 33.9 Å². The number of allylic oxidation sites excluding steroid dienone is 1. The lowest BCUT2D eigenvalue weighted by Crippen LogP contribution is -2.05. The van der Waals surface area contributed by atoms with E-state index in [9.17, 15) is 13.2 Å². The molecule has 0 radical (unpaired) electrons. The van der Waals surface area contributed by atoms with Gasteiger partial charge in [0.15, 0.2) is 0 Å². The maximum absolute atomic E-state index is 12.6. The summed E-state index contributed by atoms with van der Waals surface area (Å²) in [4.78, 5) is 0. The van der Waals surface area contributed by atoms with Crippen molar-refractivity contribution in [3.05, 3.63) is 41.0 Å². The van der Waals surface area contributed by atoms with Crippen molar-refractivity contribution in [3.63, 3.8) is 0 Å². The van der Waals surface area contributed by atoms with Gasteiger partial charge in [-0.3, -0.25) is 0 Å². The average Bonchev–Trinajstić information content (AvgIpc) is 2.11. The Morgan fingerprint density at radius 2 is 1.59 bits per heavy atom. The third kappa shape index (κ3) is 4.63. The van der Waals surface area contributed by atoms with Crippen molar-refractivity contribution < 1.29 is 13.2 Å². The maximum atomic E-state index is 12.6. The highest BCUT2D eigenvalue weighted by atomic mass is 19.4. The molecule has 0 heterocycles. The van der Waals surface area contributed by atoms with Gasteiger partial charge < -0.3 is 0 Å². The number of rotatable bonds is 1. The lowest BCUT2D eigenvalue weighted by Gasteiger charge is -2.12. The monoisotopic (exact) mass is 242 g/mol. The van der Waals surface area contributed by atoms with Gasteiger partial charge in [0, 0.05) is 0 Å². The number of hydrogen-bond donors (Lipinski definition) is 0. The summed E-state index contributed by atoms with van der Waals surface area (Å²) in [5.74, 6) is 0. The van der Waals surface area contributed by atoms with Crippen LogP contribution in [0, 0.1) is 12.3 Å². The van der Waals surface area contributed by atoms with Crippen LogP contribution in [0.25, 0.3) is 6.08 Å². The van der Waals surface area contributed by atoms with Crippen molar-refractivity contribution in [1.29, 1.82) is 0 Å². The van der Waals surface area contributed by atoms with Gasteiger partial charge in [-0.1, -0.05) is 39.0 Å². The first kappa shape index (κ1) is 13.8. The molecule has 0 spiro atoms. The van der Waals surface area contributed by atoms with E-state index in [1.807, 2.05) is 26.8 Å². The van der Waals surface area contributed by atoms with E-state index in [4.69, 9.17) is 0 Å². The summed E-state index contributed by atoms with van der Waals surface area (Å²) in [6.07, 6.45) is -0.638. The quantitative estimate of drug-likeness (QED) is 0.644. The highest BCUT2D eigenvalue weighted by Crippen LogP contribution is 2.31. The SMILES string of the molecule is Cc1cc(/C=C/C(C)(C)C)cc(C(F)(F)F)c1. The fourth-order valence-electron chi connectivity index (χ4n) is 1.42. The third-order valence-electron chi connectivity index (χ3n) is 2.20. The van der Waals surface area contributed by atoms with E-state index in [0.29, 0.717) is 11.1 Å². The van der Waals surface area contributed by atoms with Crippen LogP contribution in [-0.2, 0) is 6.18 Å². The molecule has 0 aliphatic carbocycles. The molecule has 0 nitrogen and oxygen atoms in total. The molecule has 0 saturated heterocycles. The van der Waals surface area contributed by atoms with Crippen LogP contribution in [0.4, 0.5) is 13.2 Å². The number of hydrogen-bond acceptors (Lipinski definition) is 0. The standard InChI is InChI=1S/C14H17F3/c1-10-7-11(5-6-13(2,3)4)9-12(8-10)14(15,16)17/h5-9H,1-4H3/b6-5+. The van der Waals surface area contributed by atoms with Gasteiger partial charge in [-0.25, -0.2) is 0 Å². The molecule has 0 aliphatic rings. The molecule has 0 N–H and O–H groups in total. The zero-order valence-corrected chi connectivity index (χ0v) is 10.5. The van der Waals surface area contributed by atoms with E-state index in [2.05, 4.69) is 0 Å². The minimum absolute atomic E-state index is 0.0395. The summed E-state index contributed by atoms with van der Waals surface area (Å²) in [5.41, 5.74) is 0.578. The van der Waals surface area contributed by atoms with Gasteiger partial charge in [-0.15, -0.1) is 0 Å². The molecule has 1 rings (SSSR count). The predicted octanol–water partition coefficient (Wildman–Crippen LogP) is 5.07. The van der Waals surface area contributed by atoms with E-state index in [1.165, 1.54) is 6.07 Å². The fourth-order valence-corrected chi connectivity index (χ4v) is 1.42. The van der Waals surface area contributed by atoms with Crippen LogP contribution in [0.3, 0.4) is 0 Å². The van der Waals surface area contributed by atoms with Gasteiger partial charge in [-0.2, -0.15) is 13.2 Å². The molecule has 1 aromatic rings. The minimum Gasteiger partial charge on any atom is -0.166 e. The van der Waals surface area contributed by atoms with E-state index in [1.54, 1.807) is 19.1 Å². The molecular weight excluding hydrogens is 225 g/mol. The number of aryl methyl sites for hydroxylation is 1. The first-order valence-corrected chi connectivity index (χ1v) is 5.46. The second-order valence-electron chi connectivity index (χ2n) is 5.33. The average molecular weight is 242 g/mol. The molecule has 0 atom stereocenters. The second-order valence-corrected chi connectivity index (χ2v) is 5.33. The van der Waals surface area contributed by atoms with Gasteiger partial charge >= 0.3 is 6.18 Å². The topological polar surface area (TPSA) is 0 Å². The van der Waals surface area contributed by atoms with Crippen molar-refractivity contribution in [2.75, 3.05) is 0 Å². The van der Waals surface area contributed by atoms with Crippen LogP contribution in [0.15, 0.2) is 24.3 Å². The van der Waals surface area contributed by atoms with Gasteiger partial charge in [0.25, 0.3) is 0 Å². The Hall–Kier alpha value is -1.25. The van der Waals surface area contributed by atoms with Crippen LogP contribution in [-0.4, -0.2) is 0 Å².